The van der Waals surface area contributed by atoms with Crippen LogP contribution in [0.15, 0.2) is 18.2 Å². The molecule has 2 saturated heterocycles. The quantitative estimate of drug-likeness (QED) is 0.730. The van der Waals surface area contributed by atoms with Crippen molar-refractivity contribution in [2.75, 3.05) is 59.6 Å². The van der Waals surface area contributed by atoms with Crippen molar-refractivity contribution in [2.45, 2.75) is 44.9 Å². The van der Waals surface area contributed by atoms with Gasteiger partial charge in [0.25, 0.3) is 0 Å². The molecule has 4 rings (SSSR count). The molecule has 1 aromatic rings. The molecule has 0 aliphatic carbocycles. The molecule has 1 aromatic carbocycles. The van der Waals surface area contributed by atoms with E-state index < -0.39 is 0 Å². The summed E-state index contributed by atoms with van der Waals surface area (Å²) in [4.78, 5) is 19.9. The topological polar surface area (TPSA) is 54.5 Å². The number of carbonyl (C=O) groups is 1. The number of amides is 1. The van der Waals surface area contributed by atoms with Gasteiger partial charge in [-0.1, -0.05) is 6.92 Å². The number of hydrogen-bond acceptors (Lipinski definition) is 6. The number of ether oxygens (including phenoxy) is 3. The highest BCUT2D eigenvalue weighted by Gasteiger charge is 2.30. The van der Waals surface area contributed by atoms with Crippen molar-refractivity contribution in [3.05, 3.63) is 23.8 Å². The van der Waals surface area contributed by atoms with E-state index in [0.717, 1.165) is 82.3 Å². The standard InChI is InChI=1S/C23H35N3O4/c1-3-20-16-24(15-18-14-21(28-2)4-5-22(18)30-20)17-23(27)26-8-6-19(7-9-26)25-10-12-29-13-11-25/h4-5,14,19-20H,3,6-13,15-17H2,1-2H3. The zero-order valence-electron chi connectivity index (χ0n) is 18.3. The van der Waals surface area contributed by atoms with Gasteiger partial charge >= 0.3 is 0 Å². The fraction of sp³-hybridized carbons (Fsp3) is 0.696. The molecule has 3 aliphatic rings. The van der Waals surface area contributed by atoms with Gasteiger partial charge in [0.05, 0.1) is 26.9 Å². The number of likely N-dealkylation sites (tertiary alicyclic amines) is 1. The molecule has 0 N–H and O–H groups in total. The van der Waals surface area contributed by atoms with Gasteiger partial charge in [-0.25, -0.2) is 0 Å². The van der Waals surface area contributed by atoms with Crippen molar-refractivity contribution in [3.63, 3.8) is 0 Å². The second kappa shape index (κ2) is 9.98. The normalized spacial score (nSPS) is 24.1. The second-order valence-corrected chi connectivity index (χ2v) is 8.55. The first kappa shape index (κ1) is 21.4. The Hall–Kier alpha value is -1.83. The second-order valence-electron chi connectivity index (χ2n) is 8.55. The number of carbonyl (C=O) groups excluding carboxylic acids is 1. The lowest BCUT2D eigenvalue weighted by Crippen LogP contribution is -2.51. The van der Waals surface area contributed by atoms with E-state index in [1.54, 1.807) is 7.11 Å². The first-order valence-corrected chi connectivity index (χ1v) is 11.3. The molecule has 7 heteroatoms. The highest BCUT2D eigenvalue weighted by atomic mass is 16.5. The van der Waals surface area contributed by atoms with Gasteiger partial charge in [-0.2, -0.15) is 0 Å². The molecule has 7 nitrogen and oxygen atoms in total. The van der Waals surface area contributed by atoms with Gasteiger partial charge in [0.2, 0.25) is 5.91 Å². The molecule has 166 valence electrons. The van der Waals surface area contributed by atoms with Crippen molar-refractivity contribution < 1.29 is 19.0 Å². The van der Waals surface area contributed by atoms with Crippen LogP contribution in [0, 0.1) is 0 Å². The molecular weight excluding hydrogens is 382 g/mol. The van der Waals surface area contributed by atoms with E-state index in [1.807, 2.05) is 18.2 Å². The summed E-state index contributed by atoms with van der Waals surface area (Å²) in [5.74, 6) is 1.96. The molecular formula is C23H35N3O4. The van der Waals surface area contributed by atoms with Crippen molar-refractivity contribution >= 4 is 5.91 Å². The van der Waals surface area contributed by atoms with E-state index in [0.29, 0.717) is 19.1 Å². The molecule has 30 heavy (non-hydrogen) atoms. The summed E-state index contributed by atoms with van der Waals surface area (Å²) in [7, 11) is 1.68. The van der Waals surface area contributed by atoms with Gasteiger partial charge in [-0.05, 0) is 37.5 Å². The van der Waals surface area contributed by atoms with Crippen LogP contribution in [0.1, 0.15) is 31.7 Å². The average Bonchev–Trinajstić information content (AvgIpc) is 2.97. The van der Waals surface area contributed by atoms with Gasteiger partial charge in [0.15, 0.2) is 0 Å². The lowest BCUT2D eigenvalue weighted by atomic mass is 10.0. The Morgan fingerprint density at radius 1 is 1.17 bits per heavy atom. The Bertz CT molecular complexity index is 714. The maximum atomic E-state index is 13.1. The number of hydrogen-bond donors (Lipinski definition) is 0. The third-order valence-electron chi connectivity index (χ3n) is 6.61. The van der Waals surface area contributed by atoms with E-state index in [4.69, 9.17) is 14.2 Å². The summed E-state index contributed by atoms with van der Waals surface area (Å²) in [6.07, 6.45) is 3.14. The molecule has 0 aromatic heterocycles. The zero-order chi connectivity index (χ0) is 20.9. The number of fused-ring (bicyclic) bond motifs is 1. The molecule has 2 fully saturated rings. The molecule has 0 spiro atoms. The molecule has 1 unspecified atom stereocenters. The lowest BCUT2D eigenvalue weighted by molar-refractivity contribution is -0.134. The summed E-state index contributed by atoms with van der Waals surface area (Å²) >= 11 is 0. The van der Waals surface area contributed by atoms with E-state index in [-0.39, 0.29) is 12.0 Å². The largest absolute Gasteiger partial charge is 0.497 e. The van der Waals surface area contributed by atoms with E-state index >= 15 is 0 Å². The van der Waals surface area contributed by atoms with E-state index in [1.165, 1.54) is 0 Å². The SMILES string of the molecule is CCC1CN(CC(=O)N2CCC(N3CCOCC3)CC2)Cc2cc(OC)ccc2O1. The smallest absolute Gasteiger partial charge is 0.236 e. The molecule has 1 amide bonds. The highest BCUT2D eigenvalue weighted by Crippen LogP contribution is 2.29. The van der Waals surface area contributed by atoms with E-state index in [9.17, 15) is 4.79 Å². The fourth-order valence-corrected chi connectivity index (χ4v) is 4.78. The number of methoxy groups -OCH3 is 1. The van der Waals surface area contributed by atoms with Crippen LogP contribution in [-0.4, -0.2) is 92.3 Å². The fourth-order valence-electron chi connectivity index (χ4n) is 4.78. The molecule has 3 heterocycles. The van der Waals surface area contributed by atoms with Gasteiger partial charge in [0, 0.05) is 50.9 Å². The Balaban J connectivity index is 1.35. The minimum Gasteiger partial charge on any atom is -0.497 e. The third-order valence-corrected chi connectivity index (χ3v) is 6.61. The maximum Gasteiger partial charge on any atom is 0.236 e. The van der Waals surface area contributed by atoms with Crippen molar-refractivity contribution in [2.24, 2.45) is 0 Å². The minimum absolute atomic E-state index is 0.0968. The van der Waals surface area contributed by atoms with Gasteiger partial charge in [-0.15, -0.1) is 0 Å². The van der Waals surface area contributed by atoms with Crippen LogP contribution in [0.4, 0.5) is 0 Å². The first-order chi connectivity index (χ1) is 14.7. The molecule has 0 saturated carbocycles. The van der Waals surface area contributed by atoms with Crippen LogP contribution in [-0.2, 0) is 16.1 Å². The average molecular weight is 418 g/mol. The zero-order valence-corrected chi connectivity index (χ0v) is 18.3. The summed E-state index contributed by atoms with van der Waals surface area (Å²) in [6.45, 7) is 9.47. The number of morpholine rings is 1. The van der Waals surface area contributed by atoms with Crippen LogP contribution in [0.25, 0.3) is 0 Å². The van der Waals surface area contributed by atoms with Crippen LogP contribution in [0.2, 0.25) is 0 Å². The van der Waals surface area contributed by atoms with Crippen LogP contribution < -0.4 is 9.47 Å². The van der Waals surface area contributed by atoms with Crippen LogP contribution in [0.3, 0.4) is 0 Å². The predicted octanol–water partition coefficient (Wildman–Crippen LogP) is 1.99. The number of benzene rings is 1. The van der Waals surface area contributed by atoms with E-state index in [2.05, 4.69) is 21.6 Å². The number of piperidine rings is 1. The summed E-state index contributed by atoms with van der Waals surface area (Å²) < 4.78 is 17.1. The number of rotatable bonds is 5. The molecule has 0 bridgehead atoms. The molecule has 1 atom stereocenters. The van der Waals surface area contributed by atoms with Gasteiger partial charge < -0.3 is 19.1 Å². The summed E-state index contributed by atoms with van der Waals surface area (Å²) in [5, 5.41) is 0. The Morgan fingerprint density at radius 3 is 2.63 bits per heavy atom. The number of nitrogens with zero attached hydrogens (tertiary/aromatic N) is 3. The maximum absolute atomic E-state index is 13.1. The minimum atomic E-state index is 0.0968. The Morgan fingerprint density at radius 2 is 1.93 bits per heavy atom. The monoisotopic (exact) mass is 417 g/mol. The van der Waals surface area contributed by atoms with Crippen LogP contribution in [0.5, 0.6) is 11.5 Å². The molecule has 0 radical (unpaired) electrons. The first-order valence-electron chi connectivity index (χ1n) is 11.3. The van der Waals surface area contributed by atoms with Gasteiger partial charge in [-0.3, -0.25) is 14.6 Å². The van der Waals surface area contributed by atoms with Crippen molar-refractivity contribution in [1.82, 2.24) is 14.7 Å². The Labute approximate surface area is 179 Å². The third kappa shape index (κ3) is 5.07. The molecule has 3 aliphatic heterocycles. The van der Waals surface area contributed by atoms with Gasteiger partial charge in [0.1, 0.15) is 17.6 Å². The summed E-state index contributed by atoms with van der Waals surface area (Å²) in [5.41, 5.74) is 1.09. The Kier molecular flexibility index (Phi) is 7.12. The lowest BCUT2D eigenvalue weighted by Gasteiger charge is -2.40. The van der Waals surface area contributed by atoms with Crippen LogP contribution >= 0.6 is 0 Å². The summed E-state index contributed by atoms with van der Waals surface area (Å²) in [6, 6.07) is 6.54. The van der Waals surface area contributed by atoms with Crippen molar-refractivity contribution in [1.29, 1.82) is 0 Å². The highest BCUT2D eigenvalue weighted by molar-refractivity contribution is 5.78. The predicted molar refractivity (Wildman–Crippen MR) is 115 cm³/mol. The van der Waals surface area contributed by atoms with Crippen molar-refractivity contribution in [3.8, 4) is 11.5 Å².